The quantitative estimate of drug-likeness (QED) is 0.588. The molecule has 0 aromatic heterocycles. The monoisotopic (exact) mass is 379 g/mol. The van der Waals surface area contributed by atoms with Crippen molar-refractivity contribution in [1.82, 2.24) is 20.0 Å². The lowest BCUT2D eigenvalue weighted by Gasteiger charge is -2.40. The largest absolute Gasteiger partial charge is 0.403 e. The first kappa shape index (κ1) is 21.2. The number of aliphatic imine (C=N–C) groups is 1. The zero-order chi connectivity index (χ0) is 19.4. The maximum absolute atomic E-state index is 12.8. The molecule has 0 aromatic rings. The van der Waals surface area contributed by atoms with E-state index in [1.807, 2.05) is 4.90 Å². The number of guanidine groups is 1. The number of hydrogen-bond acceptors (Lipinski definition) is 4. The first-order chi connectivity index (χ1) is 12.1. The normalized spacial score (nSPS) is 24.6. The van der Waals surface area contributed by atoms with Crippen molar-refractivity contribution in [3.63, 3.8) is 0 Å². The number of piperazine rings is 1. The molecule has 152 valence electrons. The van der Waals surface area contributed by atoms with Gasteiger partial charge in [-0.05, 0) is 20.8 Å². The van der Waals surface area contributed by atoms with E-state index in [1.165, 1.54) is 11.8 Å². The van der Waals surface area contributed by atoms with Crippen molar-refractivity contribution in [3.8, 4) is 0 Å². The molecule has 2 heterocycles. The molecule has 0 spiro atoms. The molecule has 1 N–H and O–H groups in total. The lowest BCUT2D eigenvalue weighted by molar-refractivity contribution is -0.181. The van der Waals surface area contributed by atoms with E-state index in [4.69, 9.17) is 4.74 Å². The highest BCUT2D eigenvalue weighted by Crippen LogP contribution is 2.25. The second-order valence-corrected chi connectivity index (χ2v) is 7.60. The second-order valence-electron chi connectivity index (χ2n) is 7.60. The molecule has 0 aliphatic carbocycles. The second kappa shape index (κ2) is 8.75. The molecule has 2 rings (SSSR count). The Hall–Kier alpha value is -1.06. The first-order valence-corrected chi connectivity index (χ1v) is 9.25. The first-order valence-electron chi connectivity index (χ1n) is 9.25. The fraction of sp³-hybridized carbons (Fsp3) is 0.941. The molecule has 2 saturated heterocycles. The zero-order valence-corrected chi connectivity index (χ0v) is 16.3. The van der Waals surface area contributed by atoms with Gasteiger partial charge in [-0.15, -0.1) is 0 Å². The SMILES string of the molecule is CN=C(NCCN1CCOC(C)(C)C1)N1CCN(C(C)C(F)(F)F)CC1. The van der Waals surface area contributed by atoms with E-state index < -0.39 is 12.2 Å². The van der Waals surface area contributed by atoms with Crippen LogP contribution in [0.4, 0.5) is 13.2 Å². The molecule has 9 heteroatoms. The molecule has 0 bridgehead atoms. The van der Waals surface area contributed by atoms with E-state index in [9.17, 15) is 13.2 Å². The van der Waals surface area contributed by atoms with Crippen molar-refractivity contribution in [2.45, 2.75) is 38.6 Å². The highest BCUT2D eigenvalue weighted by molar-refractivity contribution is 5.80. The van der Waals surface area contributed by atoms with E-state index in [-0.39, 0.29) is 5.60 Å². The van der Waals surface area contributed by atoms with Crippen LogP contribution in [0.5, 0.6) is 0 Å². The summed E-state index contributed by atoms with van der Waals surface area (Å²) in [6, 6.07) is -1.40. The van der Waals surface area contributed by atoms with Crippen molar-refractivity contribution in [2.75, 3.05) is 66.0 Å². The predicted molar refractivity (Wildman–Crippen MR) is 96.5 cm³/mol. The van der Waals surface area contributed by atoms with Gasteiger partial charge in [0.2, 0.25) is 0 Å². The molecule has 2 fully saturated rings. The lowest BCUT2D eigenvalue weighted by Crippen LogP contribution is -2.57. The zero-order valence-electron chi connectivity index (χ0n) is 16.3. The topological polar surface area (TPSA) is 43.3 Å². The summed E-state index contributed by atoms with van der Waals surface area (Å²) in [6.07, 6.45) is -4.17. The third-order valence-electron chi connectivity index (χ3n) is 5.06. The molecule has 2 aliphatic rings. The van der Waals surface area contributed by atoms with Crippen LogP contribution in [0.1, 0.15) is 20.8 Å². The number of morpholine rings is 1. The van der Waals surface area contributed by atoms with E-state index in [0.717, 1.165) is 38.7 Å². The number of nitrogens with one attached hydrogen (secondary N) is 1. The average molecular weight is 379 g/mol. The molecule has 26 heavy (non-hydrogen) atoms. The van der Waals surface area contributed by atoms with Crippen LogP contribution in [0.3, 0.4) is 0 Å². The summed E-state index contributed by atoms with van der Waals surface area (Å²) in [6.45, 7) is 11.5. The molecule has 0 radical (unpaired) electrons. The van der Waals surface area contributed by atoms with Gasteiger partial charge in [0, 0.05) is 59.4 Å². The van der Waals surface area contributed by atoms with Crippen LogP contribution in [0.25, 0.3) is 0 Å². The summed E-state index contributed by atoms with van der Waals surface area (Å²) in [7, 11) is 1.71. The summed E-state index contributed by atoms with van der Waals surface area (Å²) >= 11 is 0. The minimum Gasteiger partial charge on any atom is -0.373 e. The fourth-order valence-electron chi connectivity index (χ4n) is 3.49. The maximum Gasteiger partial charge on any atom is 0.403 e. The smallest absolute Gasteiger partial charge is 0.373 e. The Morgan fingerprint density at radius 3 is 2.38 bits per heavy atom. The van der Waals surface area contributed by atoms with E-state index >= 15 is 0 Å². The lowest BCUT2D eigenvalue weighted by atomic mass is 10.1. The number of ether oxygens (including phenoxy) is 1. The molecule has 1 unspecified atom stereocenters. The molecule has 0 aromatic carbocycles. The standard InChI is InChI=1S/C17H32F3N5O/c1-14(17(18,19)20)24-7-9-25(10-8-24)15(21-4)22-5-6-23-11-12-26-16(2,3)13-23/h14H,5-13H2,1-4H3,(H,21,22). The van der Waals surface area contributed by atoms with Crippen LogP contribution in [0.15, 0.2) is 4.99 Å². The number of rotatable bonds is 4. The fourth-order valence-corrected chi connectivity index (χ4v) is 3.49. The van der Waals surface area contributed by atoms with Gasteiger partial charge in [-0.1, -0.05) is 0 Å². The minimum atomic E-state index is -4.17. The maximum atomic E-state index is 12.8. The summed E-state index contributed by atoms with van der Waals surface area (Å²) in [5.41, 5.74) is -0.120. The molecular weight excluding hydrogens is 347 g/mol. The third-order valence-corrected chi connectivity index (χ3v) is 5.06. The molecule has 0 saturated carbocycles. The summed E-state index contributed by atoms with van der Waals surface area (Å²) in [5, 5.41) is 3.34. The third kappa shape index (κ3) is 5.99. The van der Waals surface area contributed by atoms with E-state index in [2.05, 4.69) is 29.1 Å². The van der Waals surface area contributed by atoms with Crippen molar-refractivity contribution in [2.24, 2.45) is 4.99 Å². The van der Waals surface area contributed by atoms with Crippen LogP contribution in [-0.4, -0.2) is 104 Å². The van der Waals surface area contributed by atoms with Crippen LogP contribution in [-0.2, 0) is 4.74 Å². The Labute approximate surface area is 154 Å². The van der Waals surface area contributed by atoms with Crippen molar-refractivity contribution >= 4 is 5.96 Å². The van der Waals surface area contributed by atoms with E-state index in [1.54, 1.807) is 7.05 Å². The number of nitrogens with zero attached hydrogens (tertiary/aromatic N) is 4. The van der Waals surface area contributed by atoms with Crippen LogP contribution in [0.2, 0.25) is 0 Å². The van der Waals surface area contributed by atoms with Gasteiger partial charge < -0.3 is 15.0 Å². The van der Waals surface area contributed by atoms with Crippen molar-refractivity contribution in [1.29, 1.82) is 0 Å². The van der Waals surface area contributed by atoms with E-state index in [0.29, 0.717) is 26.2 Å². The van der Waals surface area contributed by atoms with Crippen LogP contribution >= 0.6 is 0 Å². The Bertz CT molecular complexity index is 476. The summed E-state index contributed by atoms with van der Waals surface area (Å²) < 4.78 is 44.3. The van der Waals surface area contributed by atoms with Crippen molar-refractivity contribution in [3.05, 3.63) is 0 Å². The van der Waals surface area contributed by atoms with Crippen LogP contribution < -0.4 is 5.32 Å². The van der Waals surface area contributed by atoms with Gasteiger partial charge in [-0.3, -0.25) is 14.8 Å². The summed E-state index contributed by atoms with van der Waals surface area (Å²) in [5.74, 6) is 0.761. The van der Waals surface area contributed by atoms with Crippen molar-refractivity contribution < 1.29 is 17.9 Å². The highest BCUT2D eigenvalue weighted by Gasteiger charge is 2.41. The molecule has 6 nitrogen and oxygen atoms in total. The van der Waals surface area contributed by atoms with Gasteiger partial charge in [0.25, 0.3) is 0 Å². The predicted octanol–water partition coefficient (Wildman–Crippen LogP) is 1.24. The summed E-state index contributed by atoms with van der Waals surface area (Å²) in [4.78, 5) is 10.2. The van der Waals surface area contributed by atoms with Gasteiger partial charge in [0.1, 0.15) is 6.04 Å². The molecule has 0 amide bonds. The Kier molecular flexibility index (Phi) is 7.15. The Balaban J connectivity index is 1.74. The number of alkyl halides is 3. The Morgan fingerprint density at radius 2 is 1.85 bits per heavy atom. The molecule has 1 atom stereocenters. The molecule has 2 aliphatic heterocycles. The Morgan fingerprint density at radius 1 is 1.19 bits per heavy atom. The average Bonchev–Trinajstić information content (AvgIpc) is 2.57. The minimum absolute atomic E-state index is 0.120. The van der Waals surface area contributed by atoms with Gasteiger partial charge >= 0.3 is 6.18 Å². The van der Waals surface area contributed by atoms with Crippen LogP contribution in [0, 0.1) is 0 Å². The number of halogens is 3. The molecular formula is C17H32F3N5O. The van der Waals surface area contributed by atoms with Gasteiger partial charge in [-0.25, -0.2) is 0 Å². The number of hydrogen-bond donors (Lipinski definition) is 1. The van der Waals surface area contributed by atoms with Gasteiger partial charge in [-0.2, -0.15) is 13.2 Å². The van der Waals surface area contributed by atoms with Gasteiger partial charge in [0.15, 0.2) is 5.96 Å². The highest BCUT2D eigenvalue weighted by atomic mass is 19.4. The van der Waals surface area contributed by atoms with Gasteiger partial charge in [0.05, 0.1) is 12.2 Å².